The van der Waals surface area contributed by atoms with E-state index in [4.69, 9.17) is 34.8 Å². The number of unbranched alkanes of at least 4 members (excludes halogenated alkanes) is 1. The second-order valence-electron chi connectivity index (χ2n) is 11.4. The standard InChI is InChI=1S/C36H38Cl3N3O4S/c1-4-5-19-40-36(44)34(21-27-9-7-6-8-10-27)41(23-28-14-18-31(38)32(39)20-28)35(43)24-42(33-22-29(37)15-13-26(33)3)47(45,46)30-16-11-25(2)12-17-30/h6-18,20,22,34H,4-5,19,21,23-24H2,1-3H3,(H,40,44)/t34-/m1/s1. The Bertz CT molecular complexity index is 1800. The van der Waals surface area contributed by atoms with Crippen molar-refractivity contribution in [1.82, 2.24) is 10.2 Å². The Balaban J connectivity index is 1.83. The third kappa shape index (κ3) is 9.51. The van der Waals surface area contributed by atoms with Crippen LogP contribution in [0.3, 0.4) is 0 Å². The smallest absolute Gasteiger partial charge is 0.264 e. The molecule has 0 unspecified atom stereocenters. The number of amides is 2. The van der Waals surface area contributed by atoms with Crippen molar-refractivity contribution < 1.29 is 18.0 Å². The highest BCUT2D eigenvalue weighted by Crippen LogP contribution is 2.31. The maximum absolute atomic E-state index is 14.6. The lowest BCUT2D eigenvalue weighted by Crippen LogP contribution is -2.53. The van der Waals surface area contributed by atoms with Gasteiger partial charge < -0.3 is 10.2 Å². The number of carbonyl (C=O) groups excluding carboxylic acids is 2. The van der Waals surface area contributed by atoms with E-state index in [0.29, 0.717) is 32.7 Å². The summed E-state index contributed by atoms with van der Waals surface area (Å²) in [5.74, 6) is -0.930. The Hall–Kier alpha value is -3.56. The van der Waals surface area contributed by atoms with Crippen LogP contribution in [0.4, 0.5) is 5.69 Å². The molecule has 47 heavy (non-hydrogen) atoms. The van der Waals surface area contributed by atoms with E-state index in [1.54, 1.807) is 49.4 Å². The van der Waals surface area contributed by atoms with Crippen LogP contribution in [0, 0.1) is 13.8 Å². The Kier molecular flexibility index (Phi) is 12.7. The highest BCUT2D eigenvalue weighted by atomic mass is 35.5. The first-order valence-corrected chi connectivity index (χ1v) is 17.9. The SMILES string of the molecule is CCCCNC(=O)[C@@H](Cc1ccccc1)N(Cc1ccc(Cl)c(Cl)c1)C(=O)CN(c1cc(Cl)ccc1C)S(=O)(=O)c1ccc(C)cc1. The van der Waals surface area contributed by atoms with Crippen LogP contribution in [0.2, 0.25) is 15.1 Å². The van der Waals surface area contributed by atoms with Gasteiger partial charge in [-0.1, -0.05) is 108 Å². The molecule has 0 fully saturated rings. The molecule has 0 aliphatic heterocycles. The molecule has 0 spiro atoms. The van der Waals surface area contributed by atoms with Crippen LogP contribution in [-0.4, -0.2) is 44.3 Å². The molecule has 4 aromatic rings. The summed E-state index contributed by atoms with van der Waals surface area (Å²) in [5, 5.41) is 3.93. The van der Waals surface area contributed by atoms with E-state index in [0.717, 1.165) is 28.3 Å². The zero-order chi connectivity index (χ0) is 34.1. The summed E-state index contributed by atoms with van der Waals surface area (Å²) in [6.45, 7) is 5.45. The number of rotatable bonds is 14. The van der Waals surface area contributed by atoms with Crippen molar-refractivity contribution in [2.24, 2.45) is 0 Å². The molecular weight excluding hydrogens is 677 g/mol. The fraction of sp³-hybridized carbons (Fsp3) is 0.278. The lowest BCUT2D eigenvalue weighted by molar-refractivity contribution is -0.140. The fourth-order valence-corrected chi connectivity index (χ4v) is 7.05. The van der Waals surface area contributed by atoms with E-state index in [2.05, 4.69) is 5.32 Å². The fourth-order valence-electron chi connectivity index (χ4n) is 5.10. The molecule has 0 heterocycles. The van der Waals surface area contributed by atoms with E-state index >= 15 is 0 Å². The van der Waals surface area contributed by atoms with Gasteiger partial charge in [0, 0.05) is 24.5 Å². The van der Waals surface area contributed by atoms with Gasteiger partial charge in [-0.25, -0.2) is 8.42 Å². The number of aryl methyl sites for hydroxylation is 2. The van der Waals surface area contributed by atoms with Gasteiger partial charge in [-0.2, -0.15) is 0 Å². The molecule has 248 valence electrons. The summed E-state index contributed by atoms with van der Waals surface area (Å²) in [7, 11) is -4.26. The molecular formula is C36H38Cl3N3O4S. The molecule has 2 amide bonds. The summed E-state index contributed by atoms with van der Waals surface area (Å²) in [6, 6.07) is 24.7. The molecule has 0 aliphatic rings. The monoisotopic (exact) mass is 713 g/mol. The maximum Gasteiger partial charge on any atom is 0.264 e. The van der Waals surface area contributed by atoms with Crippen molar-refractivity contribution in [2.75, 3.05) is 17.4 Å². The van der Waals surface area contributed by atoms with Gasteiger partial charge in [0.05, 0.1) is 20.6 Å². The van der Waals surface area contributed by atoms with Crippen LogP contribution in [-0.2, 0) is 32.6 Å². The first kappa shape index (κ1) is 36.3. The lowest BCUT2D eigenvalue weighted by Gasteiger charge is -2.34. The summed E-state index contributed by atoms with van der Waals surface area (Å²) in [5.41, 5.74) is 3.21. The summed E-state index contributed by atoms with van der Waals surface area (Å²) in [6.07, 6.45) is 1.84. The largest absolute Gasteiger partial charge is 0.354 e. The Morgan fingerprint density at radius 1 is 0.830 bits per heavy atom. The van der Waals surface area contributed by atoms with Crippen LogP contribution in [0.15, 0.2) is 95.9 Å². The van der Waals surface area contributed by atoms with E-state index < -0.39 is 28.5 Å². The van der Waals surface area contributed by atoms with Gasteiger partial charge in [0.15, 0.2) is 0 Å². The number of hydrogen-bond acceptors (Lipinski definition) is 4. The number of nitrogens with zero attached hydrogens (tertiary/aromatic N) is 2. The molecule has 1 atom stereocenters. The van der Waals surface area contributed by atoms with Gasteiger partial charge in [0.1, 0.15) is 12.6 Å². The molecule has 4 rings (SSSR count). The van der Waals surface area contributed by atoms with Crippen LogP contribution in [0.1, 0.15) is 42.0 Å². The zero-order valence-corrected chi connectivity index (χ0v) is 29.6. The first-order chi connectivity index (χ1) is 22.4. The average Bonchev–Trinajstić information content (AvgIpc) is 3.05. The zero-order valence-electron chi connectivity index (χ0n) is 26.5. The Morgan fingerprint density at radius 2 is 1.53 bits per heavy atom. The highest BCUT2D eigenvalue weighted by Gasteiger charge is 2.35. The van der Waals surface area contributed by atoms with Crippen LogP contribution < -0.4 is 9.62 Å². The number of anilines is 1. The number of halogens is 3. The molecule has 0 aromatic heterocycles. The normalized spacial score (nSPS) is 12.0. The predicted octanol–water partition coefficient (Wildman–Crippen LogP) is 8.02. The van der Waals surface area contributed by atoms with Crippen LogP contribution >= 0.6 is 34.8 Å². The van der Waals surface area contributed by atoms with E-state index in [1.807, 2.05) is 44.2 Å². The second kappa shape index (κ2) is 16.5. The molecule has 0 saturated carbocycles. The van der Waals surface area contributed by atoms with Crippen molar-refractivity contribution in [2.45, 2.75) is 57.5 Å². The molecule has 0 radical (unpaired) electrons. The van der Waals surface area contributed by atoms with Crippen LogP contribution in [0.25, 0.3) is 0 Å². The summed E-state index contributed by atoms with van der Waals surface area (Å²) >= 11 is 18.9. The topological polar surface area (TPSA) is 86.8 Å². The molecule has 11 heteroatoms. The number of hydrogen-bond donors (Lipinski definition) is 1. The third-order valence-corrected chi connectivity index (χ3v) is 10.5. The van der Waals surface area contributed by atoms with Gasteiger partial charge >= 0.3 is 0 Å². The van der Waals surface area contributed by atoms with Gasteiger partial charge in [-0.15, -0.1) is 0 Å². The van der Waals surface area contributed by atoms with E-state index in [9.17, 15) is 18.0 Å². The molecule has 7 nitrogen and oxygen atoms in total. The minimum Gasteiger partial charge on any atom is -0.354 e. The summed E-state index contributed by atoms with van der Waals surface area (Å²) in [4.78, 5) is 29.9. The third-order valence-electron chi connectivity index (χ3n) is 7.77. The van der Waals surface area contributed by atoms with Gasteiger partial charge in [-0.05, 0) is 73.4 Å². The predicted molar refractivity (Wildman–Crippen MR) is 191 cm³/mol. The first-order valence-electron chi connectivity index (χ1n) is 15.3. The minimum absolute atomic E-state index is 0.0180. The van der Waals surface area contributed by atoms with Gasteiger partial charge in [0.2, 0.25) is 11.8 Å². The van der Waals surface area contributed by atoms with Crippen molar-refractivity contribution in [3.63, 3.8) is 0 Å². The van der Waals surface area contributed by atoms with Gasteiger partial charge in [0.25, 0.3) is 10.0 Å². The second-order valence-corrected chi connectivity index (χ2v) is 14.5. The molecule has 4 aromatic carbocycles. The number of benzene rings is 4. The van der Waals surface area contributed by atoms with Crippen LogP contribution in [0.5, 0.6) is 0 Å². The minimum atomic E-state index is -4.26. The van der Waals surface area contributed by atoms with E-state index in [-0.39, 0.29) is 29.5 Å². The van der Waals surface area contributed by atoms with Crippen molar-refractivity contribution in [3.8, 4) is 0 Å². The summed E-state index contributed by atoms with van der Waals surface area (Å²) < 4.78 is 29.6. The lowest BCUT2D eigenvalue weighted by atomic mass is 10.0. The maximum atomic E-state index is 14.6. The Morgan fingerprint density at radius 3 is 2.19 bits per heavy atom. The number of nitrogens with one attached hydrogen (secondary N) is 1. The van der Waals surface area contributed by atoms with E-state index in [1.165, 1.54) is 23.1 Å². The number of sulfonamides is 1. The molecule has 0 bridgehead atoms. The molecule has 1 N–H and O–H groups in total. The Labute approximate surface area is 292 Å². The number of carbonyl (C=O) groups is 2. The van der Waals surface area contributed by atoms with Crippen molar-refractivity contribution in [1.29, 1.82) is 0 Å². The average molecular weight is 715 g/mol. The van der Waals surface area contributed by atoms with Gasteiger partial charge in [-0.3, -0.25) is 13.9 Å². The molecule has 0 aliphatic carbocycles. The van der Waals surface area contributed by atoms with Crippen molar-refractivity contribution in [3.05, 3.63) is 128 Å². The quantitative estimate of drug-likeness (QED) is 0.134. The molecule has 0 saturated heterocycles. The highest BCUT2D eigenvalue weighted by molar-refractivity contribution is 7.92. The van der Waals surface area contributed by atoms with Crippen molar-refractivity contribution >= 4 is 62.3 Å².